The number of nitrogens with one attached hydrogen (secondary N) is 1. The maximum atomic E-state index is 11.1. The van der Waals surface area contributed by atoms with Crippen molar-refractivity contribution in [2.75, 3.05) is 5.32 Å². The third-order valence-electron chi connectivity index (χ3n) is 2.32. The molecule has 0 spiro atoms. The lowest BCUT2D eigenvalue weighted by Gasteiger charge is -2.07. The van der Waals surface area contributed by atoms with Crippen LogP contribution in [0, 0.1) is 17.0 Å². The Labute approximate surface area is 111 Å². The Balaban J connectivity index is 2.52. The third kappa shape index (κ3) is 2.68. The maximum Gasteiger partial charge on any atom is 0.338 e. The van der Waals surface area contributed by atoms with Crippen molar-refractivity contribution in [3.8, 4) is 0 Å². The van der Waals surface area contributed by atoms with Gasteiger partial charge in [-0.15, -0.1) is 11.3 Å². The molecule has 7 nitrogen and oxygen atoms in total. The largest absolute Gasteiger partial charge is 0.478 e. The van der Waals surface area contributed by atoms with Gasteiger partial charge in [-0.05, 0) is 13.0 Å². The molecule has 2 aromatic rings. The zero-order chi connectivity index (χ0) is 14.0. The first-order chi connectivity index (χ1) is 8.99. The van der Waals surface area contributed by atoms with Crippen LogP contribution < -0.4 is 5.32 Å². The topological polar surface area (TPSA) is 105 Å². The highest BCUT2D eigenvalue weighted by molar-refractivity contribution is 7.15. The normalized spacial score (nSPS) is 10.2. The minimum Gasteiger partial charge on any atom is -0.478 e. The summed E-state index contributed by atoms with van der Waals surface area (Å²) >= 11 is 1.29. The number of nitro benzene ring substituents is 1. The quantitative estimate of drug-likeness (QED) is 0.658. The molecule has 1 heterocycles. The van der Waals surface area contributed by atoms with Crippen LogP contribution in [-0.4, -0.2) is 21.0 Å². The Bertz CT molecular complexity index is 621. The minimum atomic E-state index is -1.24. The standard InChI is InChI=1S/C11H9N3O4S/c1-6-5-12-11(19-6)13-9-7(10(15)16)3-2-4-8(9)14(17)18/h2-5H,1H3,(H,12,13)(H,15,16). The van der Waals surface area contributed by atoms with Crippen LogP contribution in [0.3, 0.4) is 0 Å². The number of aryl methyl sites for hydroxylation is 1. The number of thiazole rings is 1. The van der Waals surface area contributed by atoms with Crippen molar-refractivity contribution in [3.63, 3.8) is 0 Å². The number of nitro groups is 1. The summed E-state index contributed by atoms with van der Waals surface area (Å²) in [7, 11) is 0. The van der Waals surface area contributed by atoms with Gasteiger partial charge in [-0.1, -0.05) is 6.07 Å². The number of carboxylic acids is 1. The summed E-state index contributed by atoms with van der Waals surface area (Å²) in [5.74, 6) is -1.24. The summed E-state index contributed by atoms with van der Waals surface area (Å²) in [6.07, 6.45) is 1.60. The summed E-state index contributed by atoms with van der Waals surface area (Å²) in [5.41, 5.74) is -0.524. The first-order valence-corrected chi connectivity index (χ1v) is 6.01. The molecule has 0 fully saturated rings. The van der Waals surface area contributed by atoms with E-state index in [1.165, 1.54) is 29.5 Å². The SMILES string of the molecule is Cc1cnc(Nc2c(C(=O)O)cccc2[N+](=O)[O-])s1. The molecule has 2 rings (SSSR count). The van der Waals surface area contributed by atoms with E-state index in [9.17, 15) is 14.9 Å². The van der Waals surface area contributed by atoms with Crippen LogP contribution in [-0.2, 0) is 0 Å². The molecule has 0 amide bonds. The molecule has 0 unspecified atom stereocenters. The zero-order valence-corrected chi connectivity index (χ0v) is 10.6. The molecule has 98 valence electrons. The Kier molecular flexibility index (Phi) is 3.43. The van der Waals surface area contributed by atoms with Crippen molar-refractivity contribution in [1.29, 1.82) is 0 Å². The number of carboxylic acid groups (broad SMARTS) is 1. The van der Waals surface area contributed by atoms with Crippen molar-refractivity contribution in [3.05, 3.63) is 45.0 Å². The van der Waals surface area contributed by atoms with E-state index in [1.807, 2.05) is 6.92 Å². The number of benzene rings is 1. The van der Waals surface area contributed by atoms with E-state index in [0.717, 1.165) is 4.88 Å². The summed E-state index contributed by atoms with van der Waals surface area (Å²) < 4.78 is 0. The van der Waals surface area contributed by atoms with Crippen LogP contribution >= 0.6 is 11.3 Å². The summed E-state index contributed by atoms with van der Waals surface area (Å²) in [6.45, 7) is 1.83. The number of hydrogen-bond acceptors (Lipinski definition) is 6. The number of aromatic nitrogens is 1. The molecule has 0 aliphatic carbocycles. The van der Waals surface area contributed by atoms with Crippen LogP contribution in [0.4, 0.5) is 16.5 Å². The molecule has 1 aromatic carbocycles. The molecule has 19 heavy (non-hydrogen) atoms. The van der Waals surface area contributed by atoms with Gasteiger partial charge in [0.05, 0.1) is 10.5 Å². The number of para-hydroxylation sites is 1. The maximum absolute atomic E-state index is 11.1. The van der Waals surface area contributed by atoms with Crippen LogP contribution in [0.1, 0.15) is 15.2 Å². The van der Waals surface area contributed by atoms with Crippen LogP contribution in [0.2, 0.25) is 0 Å². The van der Waals surface area contributed by atoms with E-state index in [0.29, 0.717) is 5.13 Å². The highest BCUT2D eigenvalue weighted by Crippen LogP contribution is 2.32. The lowest BCUT2D eigenvalue weighted by molar-refractivity contribution is -0.383. The van der Waals surface area contributed by atoms with E-state index in [1.54, 1.807) is 6.20 Å². The van der Waals surface area contributed by atoms with E-state index in [2.05, 4.69) is 10.3 Å². The van der Waals surface area contributed by atoms with Gasteiger partial charge >= 0.3 is 5.97 Å². The number of anilines is 2. The van der Waals surface area contributed by atoms with Crippen molar-refractivity contribution in [1.82, 2.24) is 4.98 Å². The molecular formula is C11H9N3O4S. The predicted octanol–water partition coefficient (Wildman–Crippen LogP) is 2.80. The van der Waals surface area contributed by atoms with Gasteiger partial charge in [0.25, 0.3) is 5.69 Å². The second-order valence-corrected chi connectivity index (χ2v) is 4.90. The smallest absolute Gasteiger partial charge is 0.338 e. The Morgan fingerprint density at radius 3 is 2.79 bits per heavy atom. The molecule has 0 aliphatic heterocycles. The van der Waals surface area contributed by atoms with Crippen molar-refractivity contribution in [2.45, 2.75) is 6.92 Å². The highest BCUT2D eigenvalue weighted by atomic mass is 32.1. The average Bonchev–Trinajstić information content (AvgIpc) is 2.74. The number of nitrogens with zero attached hydrogens (tertiary/aromatic N) is 2. The van der Waals surface area contributed by atoms with Gasteiger partial charge in [0.2, 0.25) is 0 Å². The van der Waals surface area contributed by atoms with Crippen molar-refractivity contribution >= 4 is 33.8 Å². The lowest BCUT2D eigenvalue weighted by atomic mass is 10.1. The van der Waals surface area contributed by atoms with Crippen molar-refractivity contribution in [2.24, 2.45) is 0 Å². The van der Waals surface area contributed by atoms with E-state index >= 15 is 0 Å². The average molecular weight is 279 g/mol. The molecule has 1 aromatic heterocycles. The number of carbonyl (C=O) groups is 1. The molecule has 0 radical (unpaired) electrons. The zero-order valence-electron chi connectivity index (χ0n) is 9.78. The Morgan fingerprint density at radius 1 is 1.53 bits per heavy atom. The summed E-state index contributed by atoms with van der Waals surface area (Å²) in [6, 6.07) is 3.88. The number of rotatable bonds is 4. The second-order valence-electron chi connectivity index (χ2n) is 3.66. The molecule has 0 aliphatic rings. The Morgan fingerprint density at radius 2 is 2.26 bits per heavy atom. The van der Waals surface area contributed by atoms with E-state index < -0.39 is 10.9 Å². The molecular weight excluding hydrogens is 270 g/mol. The molecule has 0 saturated carbocycles. The van der Waals surface area contributed by atoms with Crippen molar-refractivity contribution < 1.29 is 14.8 Å². The fourth-order valence-electron chi connectivity index (χ4n) is 1.52. The summed E-state index contributed by atoms with van der Waals surface area (Å²) in [4.78, 5) is 26.3. The van der Waals surface area contributed by atoms with Gasteiger partial charge in [0, 0.05) is 17.1 Å². The Hall–Kier alpha value is -2.48. The third-order valence-corrected chi connectivity index (χ3v) is 3.15. The van der Waals surface area contributed by atoms with Gasteiger partial charge in [-0.25, -0.2) is 9.78 Å². The fourth-order valence-corrected chi connectivity index (χ4v) is 2.19. The molecule has 2 N–H and O–H groups in total. The van der Waals surface area contributed by atoms with E-state index in [-0.39, 0.29) is 16.9 Å². The first-order valence-electron chi connectivity index (χ1n) is 5.19. The monoisotopic (exact) mass is 279 g/mol. The number of hydrogen-bond donors (Lipinski definition) is 2. The highest BCUT2D eigenvalue weighted by Gasteiger charge is 2.22. The predicted molar refractivity (Wildman–Crippen MR) is 70.2 cm³/mol. The van der Waals surface area contributed by atoms with E-state index in [4.69, 9.17) is 5.11 Å². The van der Waals surface area contributed by atoms with Crippen LogP contribution in [0.25, 0.3) is 0 Å². The lowest BCUT2D eigenvalue weighted by Crippen LogP contribution is -2.05. The minimum absolute atomic E-state index is 0.0608. The van der Waals surface area contributed by atoms with Gasteiger partial charge in [-0.2, -0.15) is 0 Å². The number of aromatic carboxylic acids is 1. The van der Waals surface area contributed by atoms with Gasteiger partial charge in [0.1, 0.15) is 5.69 Å². The molecule has 8 heteroatoms. The molecule has 0 bridgehead atoms. The van der Waals surface area contributed by atoms with Crippen LogP contribution in [0.15, 0.2) is 24.4 Å². The fraction of sp³-hybridized carbons (Fsp3) is 0.0909. The van der Waals surface area contributed by atoms with Gasteiger partial charge in [-0.3, -0.25) is 10.1 Å². The molecule has 0 saturated heterocycles. The van der Waals surface area contributed by atoms with Gasteiger partial charge in [0.15, 0.2) is 5.13 Å². The second kappa shape index (κ2) is 5.02. The first kappa shape index (κ1) is 13.0. The van der Waals surface area contributed by atoms with Gasteiger partial charge < -0.3 is 10.4 Å². The van der Waals surface area contributed by atoms with Crippen LogP contribution in [0.5, 0.6) is 0 Å². The molecule has 0 atom stereocenters. The summed E-state index contributed by atoms with van der Waals surface area (Å²) in [5, 5.41) is 23.1.